The van der Waals surface area contributed by atoms with Crippen molar-refractivity contribution in [3.05, 3.63) is 41.7 Å². The smallest absolute Gasteiger partial charge is 0.334 e. The molecule has 1 aromatic rings. The van der Waals surface area contributed by atoms with Crippen LogP contribution < -0.4 is 0 Å². The van der Waals surface area contributed by atoms with Crippen LogP contribution in [0.4, 0.5) is 5.69 Å². The van der Waals surface area contributed by atoms with Gasteiger partial charge in [0.1, 0.15) is 10.8 Å². The van der Waals surface area contributed by atoms with Crippen LogP contribution in [-0.2, 0) is 14.3 Å². The number of esters is 1. The Bertz CT molecular complexity index is 701. The van der Waals surface area contributed by atoms with Crippen LogP contribution in [0.25, 0.3) is 0 Å². The molecule has 6 nitrogen and oxygen atoms in total. The number of nitrogens with zero attached hydrogens (tertiary/aromatic N) is 2. The Hall–Kier alpha value is -2.59. The molecule has 1 rings (SSSR count). The lowest BCUT2D eigenvalue weighted by molar-refractivity contribution is -0.141. The van der Waals surface area contributed by atoms with Gasteiger partial charge in [-0.15, -0.1) is 0 Å². The molecule has 0 heterocycles. The van der Waals surface area contributed by atoms with Crippen LogP contribution in [0, 0.1) is 11.3 Å². The van der Waals surface area contributed by atoms with Crippen LogP contribution in [-0.4, -0.2) is 33.8 Å². The van der Waals surface area contributed by atoms with Crippen molar-refractivity contribution in [3.8, 4) is 6.07 Å². The summed E-state index contributed by atoms with van der Waals surface area (Å²) in [5, 5.41) is 17.9. The number of carbonyl (C=O) groups is 2. The minimum atomic E-state index is -1.19. The Labute approximate surface area is 144 Å². The van der Waals surface area contributed by atoms with Gasteiger partial charge in [0.05, 0.1) is 23.9 Å². The summed E-state index contributed by atoms with van der Waals surface area (Å²) in [6.07, 6.45) is 0. The number of rotatable bonds is 6. The van der Waals surface area contributed by atoms with Gasteiger partial charge in [0.15, 0.2) is 11.0 Å². The highest BCUT2D eigenvalue weighted by Crippen LogP contribution is 2.25. The summed E-state index contributed by atoms with van der Waals surface area (Å²) in [5.74, 6) is -1.37. The fraction of sp³-hybridized carbons (Fsp3) is 0.294. The minimum Gasteiger partial charge on any atom is -0.512 e. The molecule has 7 heteroatoms. The number of hydrogen-bond acceptors (Lipinski definition) is 7. The number of aliphatic hydroxyl groups excluding tert-OH is 1. The first-order valence-corrected chi connectivity index (χ1v) is 8.06. The molecule has 0 aliphatic heterocycles. The van der Waals surface area contributed by atoms with Crippen molar-refractivity contribution < 1.29 is 19.4 Å². The fourth-order valence-electron chi connectivity index (χ4n) is 1.78. The third kappa shape index (κ3) is 5.56. The SMILES string of the molecule is CCOC(=O)C(C#N)SC(=Nc1ccccc1)/C(C(C)=O)=C(/C)O. The molecule has 1 N–H and O–H groups in total. The molecule has 126 valence electrons. The maximum atomic E-state index is 11.9. The van der Waals surface area contributed by atoms with Crippen molar-refractivity contribution in [2.45, 2.75) is 26.0 Å². The van der Waals surface area contributed by atoms with Crippen molar-refractivity contribution in [1.29, 1.82) is 5.26 Å². The number of thioether (sulfide) groups is 1. The van der Waals surface area contributed by atoms with E-state index < -0.39 is 17.0 Å². The summed E-state index contributed by atoms with van der Waals surface area (Å²) in [7, 11) is 0. The first kappa shape index (κ1) is 19.5. The minimum absolute atomic E-state index is 0.0339. The Kier molecular flexibility index (Phi) is 7.72. The quantitative estimate of drug-likeness (QED) is 0.279. The summed E-state index contributed by atoms with van der Waals surface area (Å²) < 4.78 is 4.85. The van der Waals surface area contributed by atoms with E-state index in [4.69, 9.17) is 4.74 Å². The molecule has 0 saturated carbocycles. The molecule has 0 amide bonds. The number of nitriles is 1. The summed E-state index contributed by atoms with van der Waals surface area (Å²) in [6, 6.07) is 10.6. The topological polar surface area (TPSA) is 99.8 Å². The number of carbonyl (C=O) groups excluding carboxylic acids is 2. The molecular formula is C17H18N2O4S. The maximum absolute atomic E-state index is 11.9. The molecule has 0 saturated heterocycles. The number of hydrogen-bond donors (Lipinski definition) is 1. The average Bonchev–Trinajstić information content (AvgIpc) is 2.52. The second-order valence-corrected chi connectivity index (χ2v) is 5.74. The van der Waals surface area contributed by atoms with Crippen LogP contribution in [0.15, 0.2) is 46.7 Å². The van der Waals surface area contributed by atoms with Gasteiger partial charge in [-0.25, -0.2) is 9.79 Å². The molecule has 0 aromatic heterocycles. The predicted molar refractivity (Wildman–Crippen MR) is 93.2 cm³/mol. The molecule has 0 bridgehead atoms. The number of allylic oxidation sites excluding steroid dienone is 1. The van der Waals surface area contributed by atoms with Crippen molar-refractivity contribution in [2.24, 2.45) is 4.99 Å². The van der Waals surface area contributed by atoms with Crippen molar-refractivity contribution in [2.75, 3.05) is 6.61 Å². The van der Waals surface area contributed by atoms with Gasteiger partial charge < -0.3 is 9.84 Å². The molecule has 1 atom stereocenters. The molecule has 1 unspecified atom stereocenters. The zero-order valence-electron chi connectivity index (χ0n) is 13.6. The van der Waals surface area contributed by atoms with Gasteiger partial charge in [-0.1, -0.05) is 30.0 Å². The highest BCUT2D eigenvalue weighted by Gasteiger charge is 2.27. The number of ketones is 1. The van der Waals surface area contributed by atoms with E-state index in [9.17, 15) is 20.0 Å². The molecule has 1 aromatic carbocycles. The second-order valence-electron chi connectivity index (χ2n) is 4.65. The van der Waals surface area contributed by atoms with E-state index in [0.717, 1.165) is 11.8 Å². The van der Waals surface area contributed by atoms with Crippen LogP contribution in [0.5, 0.6) is 0 Å². The van der Waals surface area contributed by atoms with Gasteiger partial charge in [0.25, 0.3) is 0 Å². The molecule has 0 aliphatic carbocycles. The number of aliphatic hydroxyl groups is 1. The first-order valence-electron chi connectivity index (χ1n) is 7.18. The second kappa shape index (κ2) is 9.53. The highest BCUT2D eigenvalue weighted by atomic mass is 32.2. The number of ether oxygens (including phenoxy) is 1. The molecular weight excluding hydrogens is 328 g/mol. The summed E-state index contributed by atoms with van der Waals surface area (Å²) in [6.45, 7) is 4.40. The third-order valence-corrected chi connectivity index (χ3v) is 3.81. The molecule has 0 spiro atoms. The van der Waals surface area contributed by atoms with Crippen molar-refractivity contribution in [1.82, 2.24) is 0 Å². The fourth-order valence-corrected chi connectivity index (χ4v) is 2.79. The summed E-state index contributed by atoms with van der Waals surface area (Å²) >= 11 is 0.773. The first-order chi connectivity index (χ1) is 11.4. The van der Waals surface area contributed by atoms with E-state index in [1.54, 1.807) is 31.2 Å². The lowest BCUT2D eigenvalue weighted by atomic mass is 10.2. The van der Waals surface area contributed by atoms with E-state index in [1.165, 1.54) is 13.8 Å². The van der Waals surface area contributed by atoms with Crippen LogP contribution in [0.1, 0.15) is 20.8 Å². The standard InChI is InChI=1S/C17H18N2O4S/c1-4-23-17(22)14(10-18)24-16(15(11(2)20)12(3)21)19-13-8-6-5-7-9-13/h5-9,14,20H,4H2,1-3H3/b15-11-,19-16?. The normalized spacial score (nSPS) is 13.5. The molecule has 0 radical (unpaired) electrons. The Morgan fingerprint density at radius 1 is 1.33 bits per heavy atom. The van der Waals surface area contributed by atoms with Gasteiger partial charge >= 0.3 is 5.97 Å². The molecule has 0 fully saturated rings. The van der Waals surface area contributed by atoms with Gasteiger partial charge in [-0.2, -0.15) is 5.26 Å². The van der Waals surface area contributed by atoms with Crippen LogP contribution in [0.3, 0.4) is 0 Å². The monoisotopic (exact) mass is 346 g/mol. The van der Waals surface area contributed by atoms with E-state index in [0.29, 0.717) is 5.69 Å². The molecule has 0 aliphatic rings. The Balaban J connectivity index is 3.32. The summed E-state index contributed by atoms with van der Waals surface area (Å²) in [4.78, 5) is 28.0. The number of Topliss-reactive ketones (excluding diaryl/α,β-unsaturated/α-hetero) is 1. The number of benzene rings is 1. The van der Waals surface area contributed by atoms with Crippen molar-refractivity contribution in [3.63, 3.8) is 0 Å². The lowest BCUT2D eigenvalue weighted by Crippen LogP contribution is -2.22. The van der Waals surface area contributed by atoms with Gasteiger partial charge in [-0.3, -0.25) is 4.79 Å². The lowest BCUT2D eigenvalue weighted by Gasteiger charge is -2.12. The van der Waals surface area contributed by atoms with Gasteiger partial charge in [0, 0.05) is 0 Å². The Morgan fingerprint density at radius 2 is 1.96 bits per heavy atom. The van der Waals surface area contributed by atoms with E-state index in [2.05, 4.69) is 4.99 Å². The highest BCUT2D eigenvalue weighted by molar-refractivity contribution is 8.15. The van der Waals surface area contributed by atoms with E-state index in [1.807, 2.05) is 12.1 Å². The number of para-hydroxylation sites is 1. The Morgan fingerprint density at radius 3 is 2.42 bits per heavy atom. The van der Waals surface area contributed by atoms with E-state index in [-0.39, 0.29) is 23.0 Å². The maximum Gasteiger partial charge on any atom is 0.334 e. The van der Waals surface area contributed by atoms with Crippen LogP contribution >= 0.6 is 11.8 Å². The predicted octanol–water partition coefficient (Wildman–Crippen LogP) is 3.33. The third-order valence-electron chi connectivity index (χ3n) is 2.76. The van der Waals surface area contributed by atoms with E-state index >= 15 is 0 Å². The van der Waals surface area contributed by atoms with Gasteiger partial charge in [-0.05, 0) is 32.9 Å². The average molecular weight is 346 g/mol. The van der Waals surface area contributed by atoms with Crippen molar-refractivity contribution >= 4 is 34.2 Å². The zero-order valence-corrected chi connectivity index (χ0v) is 14.5. The summed E-state index contributed by atoms with van der Waals surface area (Å²) in [5.41, 5.74) is 0.494. The largest absolute Gasteiger partial charge is 0.512 e. The zero-order chi connectivity index (χ0) is 18.1. The van der Waals surface area contributed by atoms with Gasteiger partial charge in [0.2, 0.25) is 0 Å². The molecule has 24 heavy (non-hydrogen) atoms. The van der Waals surface area contributed by atoms with Crippen LogP contribution in [0.2, 0.25) is 0 Å². The number of aliphatic imine (C=N–C) groups is 1.